The Morgan fingerprint density at radius 3 is 2.65 bits per heavy atom. The van der Waals surface area contributed by atoms with E-state index in [0.717, 1.165) is 38.9 Å². The normalized spacial score (nSPS) is 18.2. The highest BCUT2D eigenvalue weighted by atomic mass is 19.1. The van der Waals surface area contributed by atoms with Gasteiger partial charge in [0.15, 0.2) is 0 Å². The third-order valence-corrected chi connectivity index (χ3v) is 3.67. The average Bonchev–Trinajstić information content (AvgIpc) is 2.37. The van der Waals surface area contributed by atoms with Crippen LogP contribution in [-0.4, -0.2) is 41.3 Å². The molecule has 1 aromatic rings. The van der Waals surface area contributed by atoms with Gasteiger partial charge in [0.25, 0.3) is 0 Å². The number of halogens is 1. The zero-order valence-electron chi connectivity index (χ0n) is 12.3. The van der Waals surface area contributed by atoms with Crippen LogP contribution in [-0.2, 0) is 0 Å². The fourth-order valence-electron chi connectivity index (χ4n) is 2.42. The summed E-state index contributed by atoms with van der Waals surface area (Å²) in [7, 11) is 0. The lowest BCUT2D eigenvalue weighted by Crippen LogP contribution is -2.40. The van der Waals surface area contributed by atoms with Gasteiger partial charge in [-0.1, -0.05) is 6.07 Å². The Hall–Kier alpha value is -1.13. The topological polar surface area (TPSA) is 32.7 Å². The summed E-state index contributed by atoms with van der Waals surface area (Å²) in [5.74, 6) is 0.352. The molecule has 1 N–H and O–H groups in total. The van der Waals surface area contributed by atoms with Crippen LogP contribution in [0.1, 0.15) is 33.1 Å². The van der Waals surface area contributed by atoms with Crippen LogP contribution in [0.15, 0.2) is 24.3 Å². The first-order valence-electron chi connectivity index (χ1n) is 7.29. The first kappa shape index (κ1) is 15.3. The Bertz CT molecular complexity index is 423. The van der Waals surface area contributed by atoms with Gasteiger partial charge in [-0.3, -0.25) is 0 Å². The number of ether oxygens (including phenoxy) is 1. The number of aliphatic hydroxyl groups is 1. The summed E-state index contributed by atoms with van der Waals surface area (Å²) >= 11 is 0. The van der Waals surface area contributed by atoms with Gasteiger partial charge in [-0.2, -0.15) is 0 Å². The highest BCUT2D eigenvalue weighted by Gasteiger charge is 2.22. The molecule has 1 aliphatic heterocycles. The fraction of sp³-hybridized carbons (Fsp3) is 0.625. The molecule has 0 amide bonds. The van der Waals surface area contributed by atoms with Crippen molar-refractivity contribution >= 4 is 0 Å². The van der Waals surface area contributed by atoms with Crippen LogP contribution in [0.5, 0.6) is 5.75 Å². The minimum atomic E-state index is -0.602. The zero-order chi connectivity index (χ0) is 14.6. The van der Waals surface area contributed by atoms with Crippen molar-refractivity contribution in [1.82, 2.24) is 4.90 Å². The molecule has 1 saturated heterocycles. The van der Waals surface area contributed by atoms with E-state index in [2.05, 4.69) is 4.90 Å². The van der Waals surface area contributed by atoms with Crippen molar-refractivity contribution in [3.05, 3.63) is 30.1 Å². The highest BCUT2D eigenvalue weighted by molar-refractivity contribution is 5.22. The molecule has 0 saturated carbocycles. The smallest absolute Gasteiger partial charge is 0.126 e. The third kappa shape index (κ3) is 5.10. The summed E-state index contributed by atoms with van der Waals surface area (Å²) in [5.41, 5.74) is -0.602. The predicted octanol–water partition coefficient (Wildman–Crippen LogP) is 2.83. The Labute approximate surface area is 120 Å². The number of piperidine rings is 1. The van der Waals surface area contributed by atoms with Crippen LogP contribution < -0.4 is 4.74 Å². The lowest BCUT2D eigenvalue weighted by molar-refractivity contribution is 0.0442. The van der Waals surface area contributed by atoms with Crippen molar-refractivity contribution in [2.75, 3.05) is 19.6 Å². The first-order valence-corrected chi connectivity index (χ1v) is 7.29. The molecule has 1 aliphatic rings. The molecule has 4 heteroatoms. The Morgan fingerprint density at radius 1 is 1.35 bits per heavy atom. The van der Waals surface area contributed by atoms with Gasteiger partial charge >= 0.3 is 0 Å². The molecule has 0 aromatic heterocycles. The number of hydrogen-bond acceptors (Lipinski definition) is 3. The van der Waals surface area contributed by atoms with Gasteiger partial charge in [-0.05, 0) is 45.2 Å². The lowest BCUT2D eigenvalue weighted by atomic mass is 10.0. The second-order valence-corrected chi connectivity index (χ2v) is 6.18. The molecule has 0 atom stereocenters. The number of rotatable bonds is 5. The maximum Gasteiger partial charge on any atom is 0.126 e. The van der Waals surface area contributed by atoms with E-state index in [1.165, 1.54) is 12.1 Å². The molecule has 2 rings (SSSR count). The molecule has 0 bridgehead atoms. The second-order valence-electron chi connectivity index (χ2n) is 6.18. The van der Waals surface area contributed by atoms with E-state index in [9.17, 15) is 9.50 Å². The van der Waals surface area contributed by atoms with E-state index in [1.54, 1.807) is 12.1 Å². The van der Waals surface area contributed by atoms with E-state index in [1.807, 2.05) is 13.8 Å². The van der Waals surface area contributed by atoms with Gasteiger partial charge in [0.2, 0.25) is 0 Å². The van der Waals surface area contributed by atoms with Crippen LogP contribution in [0, 0.1) is 5.82 Å². The molecule has 0 aliphatic carbocycles. The minimum absolute atomic E-state index is 0.162. The average molecular weight is 281 g/mol. The Balaban J connectivity index is 1.74. The molecule has 112 valence electrons. The first-order chi connectivity index (χ1) is 9.42. The van der Waals surface area contributed by atoms with Crippen molar-refractivity contribution in [1.29, 1.82) is 0 Å². The fourth-order valence-corrected chi connectivity index (χ4v) is 2.42. The maximum absolute atomic E-state index is 13.1. The minimum Gasteiger partial charge on any atom is -0.490 e. The van der Waals surface area contributed by atoms with E-state index < -0.39 is 5.60 Å². The molecule has 3 nitrogen and oxygen atoms in total. The second kappa shape index (κ2) is 6.55. The molecule has 0 spiro atoms. The standard InChI is InChI=1S/C16H24FNO2/c1-16(2,19)8-11-18-9-6-14(7-10-18)20-15-5-3-4-13(17)12-15/h3-5,12,14,19H,6-11H2,1-2H3. The van der Waals surface area contributed by atoms with Crippen LogP contribution in [0.4, 0.5) is 4.39 Å². The molecular formula is C16H24FNO2. The monoisotopic (exact) mass is 281 g/mol. The summed E-state index contributed by atoms with van der Waals surface area (Å²) in [5, 5.41) is 9.73. The SMILES string of the molecule is CC(C)(O)CCN1CCC(Oc2cccc(F)c2)CC1. The number of benzene rings is 1. The number of nitrogens with zero attached hydrogens (tertiary/aromatic N) is 1. The van der Waals surface area contributed by atoms with Crippen molar-refractivity contribution in [2.45, 2.75) is 44.8 Å². The molecule has 1 fully saturated rings. The van der Waals surface area contributed by atoms with Gasteiger partial charge in [0, 0.05) is 25.7 Å². The summed E-state index contributed by atoms with van der Waals surface area (Å²) in [6, 6.07) is 6.32. The molecular weight excluding hydrogens is 257 g/mol. The lowest BCUT2D eigenvalue weighted by Gasteiger charge is -2.33. The summed E-state index contributed by atoms with van der Waals surface area (Å²) < 4.78 is 18.9. The highest BCUT2D eigenvalue weighted by Crippen LogP contribution is 2.20. The summed E-state index contributed by atoms with van der Waals surface area (Å²) in [6.45, 7) is 6.53. The van der Waals surface area contributed by atoms with Crippen molar-refractivity contribution < 1.29 is 14.2 Å². The van der Waals surface area contributed by atoms with Gasteiger partial charge in [0.05, 0.1) is 5.60 Å². The summed E-state index contributed by atoms with van der Waals surface area (Å²) in [6.07, 6.45) is 2.84. The molecule has 20 heavy (non-hydrogen) atoms. The zero-order valence-corrected chi connectivity index (χ0v) is 12.3. The van der Waals surface area contributed by atoms with Gasteiger partial charge in [0.1, 0.15) is 17.7 Å². The predicted molar refractivity (Wildman–Crippen MR) is 77.4 cm³/mol. The van der Waals surface area contributed by atoms with Crippen LogP contribution in [0.2, 0.25) is 0 Å². The number of likely N-dealkylation sites (tertiary alicyclic amines) is 1. The van der Waals surface area contributed by atoms with Crippen LogP contribution >= 0.6 is 0 Å². The molecule has 0 radical (unpaired) electrons. The van der Waals surface area contributed by atoms with Crippen LogP contribution in [0.3, 0.4) is 0 Å². The third-order valence-electron chi connectivity index (χ3n) is 3.67. The molecule has 1 heterocycles. The van der Waals surface area contributed by atoms with Crippen molar-refractivity contribution in [3.8, 4) is 5.75 Å². The summed E-state index contributed by atoms with van der Waals surface area (Å²) in [4.78, 5) is 2.35. The van der Waals surface area contributed by atoms with E-state index in [-0.39, 0.29) is 11.9 Å². The largest absolute Gasteiger partial charge is 0.490 e. The van der Waals surface area contributed by atoms with E-state index in [4.69, 9.17) is 4.74 Å². The van der Waals surface area contributed by atoms with Gasteiger partial charge in [-0.25, -0.2) is 4.39 Å². The van der Waals surface area contributed by atoms with Crippen molar-refractivity contribution in [2.24, 2.45) is 0 Å². The van der Waals surface area contributed by atoms with E-state index >= 15 is 0 Å². The Kier molecular flexibility index (Phi) is 5.00. The number of hydrogen-bond donors (Lipinski definition) is 1. The van der Waals surface area contributed by atoms with Crippen molar-refractivity contribution in [3.63, 3.8) is 0 Å². The van der Waals surface area contributed by atoms with Gasteiger partial charge in [-0.15, -0.1) is 0 Å². The Morgan fingerprint density at radius 2 is 2.05 bits per heavy atom. The molecule has 1 aromatic carbocycles. The van der Waals surface area contributed by atoms with E-state index in [0.29, 0.717) is 5.75 Å². The quantitative estimate of drug-likeness (QED) is 0.901. The maximum atomic E-state index is 13.1. The van der Waals surface area contributed by atoms with Gasteiger partial charge < -0.3 is 14.7 Å². The van der Waals surface area contributed by atoms with Crippen LogP contribution in [0.25, 0.3) is 0 Å². The molecule has 0 unspecified atom stereocenters.